The molecule has 0 saturated carbocycles. The zero-order valence-electron chi connectivity index (χ0n) is 6.13. The van der Waals surface area contributed by atoms with Gasteiger partial charge in [0.1, 0.15) is 0 Å². The lowest BCUT2D eigenvalue weighted by Gasteiger charge is -1.95. The van der Waals surface area contributed by atoms with Crippen LogP contribution >= 0.6 is 0 Å². The monoisotopic (exact) mass is 151 g/mol. The molecule has 0 atom stereocenters. The third kappa shape index (κ3) is 2.42. The van der Waals surface area contributed by atoms with E-state index in [9.17, 15) is 4.39 Å². The van der Waals surface area contributed by atoms with Crippen molar-refractivity contribution in [2.75, 3.05) is 5.73 Å². The van der Waals surface area contributed by atoms with E-state index < -0.39 is 0 Å². The Morgan fingerprint density at radius 1 is 1.27 bits per heavy atom. The highest BCUT2D eigenvalue weighted by Gasteiger charge is 1.87. The minimum Gasteiger partial charge on any atom is -0.399 e. The number of hydrogen-bond acceptors (Lipinski definition) is 1. The molecule has 11 heavy (non-hydrogen) atoms. The third-order valence-corrected chi connectivity index (χ3v) is 1.42. The van der Waals surface area contributed by atoms with Gasteiger partial charge in [-0.15, -0.1) is 0 Å². The summed E-state index contributed by atoms with van der Waals surface area (Å²) in [4.78, 5) is 0. The summed E-state index contributed by atoms with van der Waals surface area (Å²) in [5.41, 5.74) is 7.26. The summed E-state index contributed by atoms with van der Waals surface area (Å²) in [6, 6.07) is 7.38. The zero-order chi connectivity index (χ0) is 8.10. The first kappa shape index (κ1) is 7.79. The molecule has 0 aromatic heterocycles. The van der Waals surface area contributed by atoms with E-state index in [0.717, 1.165) is 11.3 Å². The number of anilines is 1. The maximum Gasteiger partial charge on any atom is 0.0830 e. The molecule has 0 unspecified atom stereocenters. The van der Waals surface area contributed by atoms with Crippen molar-refractivity contribution in [1.82, 2.24) is 0 Å². The van der Waals surface area contributed by atoms with Crippen LogP contribution in [0, 0.1) is 0 Å². The van der Waals surface area contributed by atoms with E-state index >= 15 is 0 Å². The van der Waals surface area contributed by atoms with Crippen LogP contribution in [0.15, 0.2) is 36.7 Å². The Morgan fingerprint density at radius 3 is 2.45 bits per heavy atom. The molecule has 58 valence electrons. The van der Waals surface area contributed by atoms with E-state index in [1.54, 1.807) is 12.1 Å². The van der Waals surface area contributed by atoms with Gasteiger partial charge in [0.25, 0.3) is 0 Å². The summed E-state index contributed by atoms with van der Waals surface area (Å²) in [6.45, 7) is 0. The van der Waals surface area contributed by atoms with Crippen LogP contribution in [0.25, 0.3) is 0 Å². The molecule has 0 fully saturated rings. The Hall–Kier alpha value is -1.31. The summed E-state index contributed by atoms with van der Waals surface area (Å²) < 4.78 is 11.6. The lowest BCUT2D eigenvalue weighted by Crippen LogP contribution is -1.85. The number of allylic oxidation sites excluding steroid dienone is 1. The molecular formula is C9H10FN. The predicted molar refractivity (Wildman–Crippen MR) is 44.8 cm³/mol. The molecule has 0 radical (unpaired) electrons. The van der Waals surface area contributed by atoms with Gasteiger partial charge in [-0.2, -0.15) is 0 Å². The van der Waals surface area contributed by atoms with Gasteiger partial charge in [0.05, 0.1) is 6.33 Å². The number of halogens is 1. The maximum absolute atomic E-state index is 11.6. The van der Waals surface area contributed by atoms with Crippen LogP contribution in [0.5, 0.6) is 0 Å². The molecule has 1 aromatic rings. The van der Waals surface area contributed by atoms with Crippen molar-refractivity contribution in [1.29, 1.82) is 0 Å². The van der Waals surface area contributed by atoms with E-state index in [2.05, 4.69) is 0 Å². The fourth-order valence-electron chi connectivity index (χ4n) is 0.834. The standard InChI is InChI=1S/C9H10FN/c10-7-1-2-8-3-5-9(11)6-4-8/h1,3-7H,2,11H2. The number of hydrogen-bond donors (Lipinski definition) is 1. The molecule has 1 aromatic carbocycles. The lowest BCUT2D eigenvalue weighted by atomic mass is 10.1. The normalized spacial score (nSPS) is 10.6. The first-order valence-electron chi connectivity index (χ1n) is 3.42. The quantitative estimate of drug-likeness (QED) is 0.645. The van der Waals surface area contributed by atoms with Crippen molar-refractivity contribution in [3.8, 4) is 0 Å². The van der Waals surface area contributed by atoms with Crippen molar-refractivity contribution in [3.05, 3.63) is 42.2 Å². The highest BCUT2D eigenvalue weighted by Crippen LogP contribution is 2.06. The smallest absolute Gasteiger partial charge is 0.0830 e. The molecule has 2 N–H and O–H groups in total. The Morgan fingerprint density at radius 2 is 1.91 bits per heavy atom. The Labute approximate surface area is 65.3 Å². The molecule has 0 heterocycles. The largest absolute Gasteiger partial charge is 0.399 e. The lowest BCUT2D eigenvalue weighted by molar-refractivity contribution is 0.716. The highest BCUT2D eigenvalue weighted by atomic mass is 19.1. The molecule has 0 aliphatic heterocycles. The molecule has 0 bridgehead atoms. The van der Waals surface area contributed by atoms with Gasteiger partial charge in [0, 0.05) is 5.69 Å². The van der Waals surface area contributed by atoms with Crippen molar-refractivity contribution in [2.45, 2.75) is 6.42 Å². The van der Waals surface area contributed by atoms with E-state index in [0.29, 0.717) is 12.8 Å². The number of benzene rings is 1. The molecule has 1 rings (SSSR count). The molecule has 0 saturated heterocycles. The average molecular weight is 151 g/mol. The van der Waals surface area contributed by atoms with Crippen LogP contribution < -0.4 is 5.73 Å². The molecule has 0 aliphatic rings. The Bertz CT molecular complexity index is 238. The van der Waals surface area contributed by atoms with Crippen molar-refractivity contribution < 1.29 is 4.39 Å². The Kier molecular flexibility index (Phi) is 2.66. The van der Waals surface area contributed by atoms with Crippen molar-refractivity contribution in [3.63, 3.8) is 0 Å². The van der Waals surface area contributed by atoms with E-state index in [1.165, 1.54) is 6.08 Å². The first-order valence-corrected chi connectivity index (χ1v) is 3.42. The SMILES string of the molecule is Nc1ccc(CC=CF)cc1. The van der Waals surface area contributed by atoms with Gasteiger partial charge in [-0.1, -0.05) is 18.2 Å². The first-order chi connectivity index (χ1) is 5.33. The third-order valence-electron chi connectivity index (χ3n) is 1.42. The summed E-state index contributed by atoms with van der Waals surface area (Å²) in [7, 11) is 0. The second-order valence-electron chi connectivity index (χ2n) is 2.31. The van der Waals surface area contributed by atoms with E-state index in [-0.39, 0.29) is 0 Å². The van der Waals surface area contributed by atoms with Gasteiger partial charge < -0.3 is 5.73 Å². The summed E-state index contributed by atoms with van der Waals surface area (Å²) in [5.74, 6) is 0. The van der Waals surface area contributed by atoms with Crippen molar-refractivity contribution in [2.24, 2.45) is 0 Å². The molecular weight excluding hydrogens is 141 g/mol. The zero-order valence-corrected chi connectivity index (χ0v) is 6.13. The van der Waals surface area contributed by atoms with Crippen LogP contribution in [0.3, 0.4) is 0 Å². The van der Waals surface area contributed by atoms with Gasteiger partial charge in [-0.05, 0) is 24.1 Å². The number of rotatable bonds is 2. The molecule has 1 nitrogen and oxygen atoms in total. The van der Waals surface area contributed by atoms with Crippen LogP contribution in [-0.4, -0.2) is 0 Å². The van der Waals surface area contributed by atoms with Gasteiger partial charge in [-0.3, -0.25) is 0 Å². The van der Waals surface area contributed by atoms with E-state index in [4.69, 9.17) is 5.73 Å². The summed E-state index contributed by atoms with van der Waals surface area (Å²) in [6.07, 6.45) is 2.64. The Balaban J connectivity index is 2.66. The maximum atomic E-state index is 11.6. The topological polar surface area (TPSA) is 26.0 Å². The van der Waals surface area contributed by atoms with E-state index in [1.807, 2.05) is 12.1 Å². The van der Waals surface area contributed by atoms with Gasteiger partial charge >= 0.3 is 0 Å². The highest BCUT2D eigenvalue weighted by molar-refractivity contribution is 5.39. The van der Waals surface area contributed by atoms with Gasteiger partial charge in [0.15, 0.2) is 0 Å². The average Bonchev–Trinajstić information content (AvgIpc) is 2.04. The molecule has 2 heteroatoms. The minimum absolute atomic E-state index is 0.552. The van der Waals surface area contributed by atoms with Gasteiger partial charge in [0.2, 0.25) is 0 Å². The second kappa shape index (κ2) is 3.76. The minimum atomic E-state index is 0.552. The van der Waals surface area contributed by atoms with Crippen molar-refractivity contribution >= 4 is 5.69 Å². The van der Waals surface area contributed by atoms with Crippen LogP contribution in [-0.2, 0) is 6.42 Å². The number of nitrogen functional groups attached to an aromatic ring is 1. The number of nitrogens with two attached hydrogens (primary N) is 1. The van der Waals surface area contributed by atoms with Crippen LogP contribution in [0.2, 0.25) is 0 Å². The molecule has 0 aliphatic carbocycles. The molecule has 0 spiro atoms. The fraction of sp³-hybridized carbons (Fsp3) is 0.111. The van der Waals surface area contributed by atoms with Gasteiger partial charge in [-0.25, -0.2) is 4.39 Å². The van der Waals surface area contributed by atoms with Crippen LogP contribution in [0.4, 0.5) is 10.1 Å². The summed E-state index contributed by atoms with van der Waals surface area (Å²) >= 11 is 0. The summed E-state index contributed by atoms with van der Waals surface area (Å²) in [5, 5.41) is 0. The predicted octanol–water partition coefficient (Wildman–Crippen LogP) is 2.29. The second-order valence-corrected chi connectivity index (χ2v) is 2.31. The van der Waals surface area contributed by atoms with Crippen LogP contribution in [0.1, 0.15) is 5.56 Å². The fourth-order valence-corrected chi connectivity index (χ4v) is 0.834. The molecule has 0 amide bonds.